The van der Waals surface area contributed by atoms with Gasteiger partial charge in [0.1, 0.15) is 5.82 Å². The maximum atomic E-state index is 12.2. The highest BCUT2D eigenvalue weighted by Crippen LogP contribution is 2.14. The molecule has 134 valence electrons. The second kappa shape index (κ2) is 8.17. The zero-order chi connectivity index (χ0) is 17.7. The summed E-state index contributed by atoms with van der Waals surface area (Å²) in [6.07, 6.45) is 3.29. The van der Waals surface area contributed by atoms with Crippen LogP contribution < -0.4 is 10.6 Å². The van der Waals surface area contributed by atoms with Crippen LogP contribution in [0.5, 0.6) is 0 Å². The van der Waals surface area contributed by atoms with Gasteiger partial charge in [0.25, 0.3) is 0 Å². The van der Waals surface area contributed by atoms with Crippen molar-refractivity contribution in [3.63, 3.8) is 0 Å². The minimum atomic E-state index is -0.246. The minimum Gasteiger partial charge on any atom is -0.341 e. The van der Waals surface area contributed by atoms with Crippen molar-refractivity contribution in [2.24, 2.45) is 13.0 Å². The standard InChI is InChI=1S/C17H29N5O2/c1-5-16(23)22-9-8-14(11-22)18-17(24)19-15-10-13(20-21(15)4)7-6-12(2)3/h10,12,14H,5-9,11H2,1-4H3,(H2,18,19,24)/t14-/m0/s1. The highest BCUT2D eigenvalue weighted by molar-refractivity contribution is 5.88. The Morgan fingerprint density at radius 2 is 2.17 bits per heavy atom. The van der Waals surface area contributed by atoms with Gasteiger partial charge in [-0.15, -0.1) is 0 Å². The number of anilines is 1. The Labute approximate surface area is 143 Å². The lowest BCUT2D eigenvalue weighted by Crippen LogP contribution is -2.40. The van der Waals surface area contributed by atoms with E-state index in [-0.39, 0.29) is 18.0 Å². The lowest BCUT2D eigenvalue weighted by molar-refractivity contribution is -0.129. The van der Waals surface area contributed by atoms with E-state index < -0.39 is 0 Å². The van der Waals surface area contributed by atoms with E-state index in [1.165, 1.54) is 0 Å². The highest BCUT2D eigenvalue weighted by atomic mass is 16.2. The lowest BCUT2D eigenvalue weighted by Gasteiger charge is -2.16. The predicted octanol–water partition coefficient (Wildman–Crippen LogP) is 2.14. The summed E-state index contributed by atoms with van der Waals surface area (Å²) in [5.41, 5.74) is 0.988. The topological polar surface area (TPSA) is 79.3 Å². The third-order valence-corrected chi connectivity index (χ3v) is 4.33. The molecule has 2 N–H and O–H groups in total. The van der Waals surface area contributed by atoms with Crippen LogP contribution in [0.4, 0.5) is 10.6 Å². The fourth-order valence-corrected chi connectivity index (χ4v) is 2.87. The van der Waals surface area contributed by atoms with Gasteiger partial charge in [0.15, 0.2) is 0 Å². The lowest BCUT2D eigenvalue weighted by atomic mass is 10.1. The summed E-state index contributed by atoms with van der Waals surface area (Å²) in [5, 5.41) is 10.2. The fraction of sp³-hybridized carbons (Fsp3) is 0.706. The van der Waals surface area contributed by atoms with Crippen LogP contribution in [0.1, 0.15) is 45.7 Å². The number of likely N-dealkylation sites (tertiary alicyclic amines) is 1. The average Bonchev–Trinajstić information content (AvgIpc) is 3.12. The van der Waals surface area contributed by atoms with Crippen molar-refractivity contribution in [2.45, 2.75) is 52.5 Å². The summed E-state index contributed by atoms with van der Waals surface area (Å²) >= 11 is 0. The third-order valence-electron chi connectivity index (χ3n) is 4.33. The molecule has 1 aromatic rings. The molecule has 0 bridgehead atoms. The first kappa shape index (κ1) is 18.3. The zero-order valence-electron chi connectivity index (χ0n) is 15.1. The number of hydrogen-bond acceptors (Lipinski definition) is 3. The summed E-state index contributed by atoms with van der Waals surface area (Å²) < 4.78 is 1.69. The number of nitrogens with zero attached hydrogens (tertiary/aromatic N) is 3. The average molecular weight is 335 g/mol. The van der Waals surface area contributed by atoms with Gasteiger partial charge in [0.2, 0.25) is 5.91 Å². The monoisotopic (exact) mass is 335 g/mol. The van der Waals surface area contributed by atoms with E-state index in [4.69, 9.17) is 0 Å². The largest absolute Gasteiger partial charge is 0.341 e. The van der Waals surface area contributed by atoms with Crippen LogP contribution in [0.2, 0.25) is 0 Å². The summed E-state index contributed by atoms with van der Waals surface area (Å²) in [5.74, 6) is 1.45. The van der Waals surface area contributed by atoms with Crippen LogP contribution in [0.15, 0.2) is 6.07 Å². The van der Waals surface area contributed by atoms with Crippen molar-refractivity contribution < 1.29 is 9.59 Å². The Hall–Kier alpha value is -2.05. The highest BCUT2D eigenvalue weighted by Gasteiger charge is 2.26. The summed E-state index contributed by atoms with van der Waals surface area (Å²) in [7, 11) is 1.83. The van der Waals surface area contributed by atoms with E-state index in [1.54, 1.807) is 9.58 Å². The predicted molar refractivity (Wildman–Crippen MR) is 93.8 cm³/mol. The Kier molecular flexibility index (Phi) is 6.23. The van der Waals surface area contributed by atoms with Crippen LogP contribution in [0.25, 0.3) is 0 Å². The van der Waals surface area contributed by atoms with Crippen LogP contribution in [0, 0.1) is 5.92 Å². The molecule has 2 rings (SSSR count). The van der Waals surface area contributed by atoms with Gasteiger partial charge < -0.3 is 10.2 Å². The van der Waals surface area contributed by atoms with Crippen LogP contribution in [0.3, 0.4) is 0 Å². The van der Waals surface area contributed by atoms with Gasteiger partial charge in [0, 0.05) is 38.7 Å². The van der Waals surface area contributed by atoms with Gasteiger partial charge in [-0.1, -0.05) is 20.8 Å². The van der Waals surface area contributed by atoms with Gasteiger partial charge in [-0.25, -0.2) is 4.79 Å². The third kappa shape index (κ3) is 4.97. The van der Waals surface area contributed by atoms with Crippen LogP contribution in [-0.4, -0.2) is 45.8 Å². The van der Waals surface area contributed by atoms with Crippen LogP contribution in [-0.2, 0) is 18.3 Å². The number of urea groups is 1. The molecule has 0 aromatic carbocycles. The first-order valence-electron chi connectivity index (χ1n) is 8.77. The van der Waals surface area contributed by atoms with E-state index in [0.717, 1.165) is 25.0 Å². The molecule has 0 spiro atoms. The number of aromatic nitrogens is 2. The van der Waals surface area contributed by atoms with Crippen molar-refractivity contribution in [1.82, 2.24) is 20.0 Å². The van der Waals surface area contributed by atoms with Crippen LogP contribution >= 0.6 is 0 Å². The fourth-order valence-electron chi connectivity index (χ4n) is 2.87. The molecule has 1 saturated heterocycles. The molecule has 1 atom stereocenters. The molecule has 7 heteroatoms. The summed E-state index contributed by atoms with van der Waals surface area (Å²) in [6.45, 7) is 7.52. The number of hydrogen-bond donors (Lipinski definition) is 2. The number of rotatable bonds is 6. The Morgan fingerprint density at radius 3 is 2.83 bits per heavy atom. The molecule has 0 unspecified atom stereocenters. The molecule has 0 aliphatic carbocycles. The SMILES string of the molecule is CCC(=O)N1CC[C@H](NC(=O)Nc2cc(CCC(C)C)nn2C)C1. The van der Waals surface area contributed by atoms with Crippen molar-refractivity contribution in [2.75, 3.05) is 18.4 Å². The second-order valence-electron chi connectivity index (χ2n) is 6.85. The molecule has 1 aliphatic heterocycles. The molecule has 2 heterocycles. The molecule has 24 heavy (non-hydrogen) atoms. The molecule has 0 saturated carbocycles. The number of aryl methyl sites for hydroxylation is 2. The van der Waals surface area contributed by atoms with Crippen molar-refractivity contribution in [3.8, 4) is 0 Å². The van der Waals surface area contributed by atoms with Gasteiger partial charge in [-0.05, 0) is 25.2 Å². The Morgan fingerprint density at radius 1 is 1.42 bits per heavy atom. The Balaban J connectivity index is 1.83. The number of nitrogens with one attached hydrogen (secondary N) is 2. The molecule has 1 aromatic heterocycles. The molecular formula is C17H29N5O2. The first-order chi connectivity index (χ1) is 11.4. The smallest absolute Gasteiger partial charge is 0.320 e. The van der Waals surface area contributed by atoms with E-state index in [1.807, 2.05) is 20.0 Å². The quantitative estimate of drug-likeness (QED) is 0.836. The van der Waals surface area contributed by atoms with Gasteiger partial charge in [0.05, 0.1) is 5.69 Å². The van der Waals surface area contributed by atoms with E-state index in [2.05, 4.69) is 29.6 Å². The Bertz CT molecular complexity index is 582. The molecule has 1 fully saturated rings. The summed E-state index contributed by atoms with van der Waals surface area (Å²) in [6, 6.07) is 1.68. The zero-order valence-corrected chi connectivity index (χ0v) is 15.1. The van der Waals surface area contributed by atoms with E-state index in [0.29, 0.717) is 31.2 Å². The summed E-state index contributed by atoms with van der Waals surface area (Å²) in [4.78, 5) is 25.7. The molecule has 3 amide bonds. The van der Waals surface area contributed by atoms with Gasteiger partial charge in [-0.3, -0.25) is 14.8 Å². The molecule has 7 nitrogen and oxygen atoms in total. The molecule has 0 radical (unpaired) electrons. The second-order valence-corrected chi connectivity index (χ2v) is 6.85. The minimum absolute atomic E-state index is 0.00846. The molecular weight excluding hydrogens is 306 g/mol. The molecule has 1 aliphatic rings. The number of amides is 3. The van der Waals surface area contributed by atoms with Crippen molar-refractivity contribution >= 4 is 17.8 Å². The normalized spacial score (nSPS) is 17.4. The van der Waals surface area contributed by atoms with E-state index in [9.17, 15) is 9.59 Å². The number of carbonyl (C=O) groups is 2. The first-order valence-corrected chi connectivity index (χ1v) is 8.77. The van der Waals surface area contributed by atoms with Gasteiger partial charge >= 0.3 is 6.03 Å². The van der Waals surface area contributed by atoms with Gasteiger partial charge in [-0.2, -0.15) is 5.10 Å². The maximum Gasteiger partial charge on any atom is 0.320 e. The van der Waals surface area contributed by atoms with Crippen molar-refractivity contribution in [1.29, 1.82) is 0 Å². The maximum absolute atomic E-state index is 12.2. The van der Waals surface area contributed by atoms with Crippen molar-refractivity contribution in [3.05, 3.63) is 11.8 Å². The van der Waals surface area contributed by atoms with E-state index >= 15 is 0 Å². The number of carbonyl (C=O) groups excluding carboxylic acids is 2.